The Balaban J connectivity index is 0.000000276. The van der Waals surface area contributed by atoms with Crippen molar-refractivity contribution in [2.45, 2.75) is 58.5 Å². The fourth-order valence-electron chi connectivity index (χ4n) is 7.25. The molecule has 0 N–H and O–H groups in total. The first-order valence-electron chi connectivity index (χ1n) is 23.2. The Morgan fingerprint density at radius 1 is 0.590 bits per heavy atom. The zero-order valence-corrected chi connectivity index (χ0v) is 46.1. The van der Waals surface area contributed by atoms with Gasteiger partial charge in [0.15, 0.2) is 0 Å². The maximum absolute atomic E-state index is 13.1. The van der Waals surface area contributed by atoms with Gasteiger partial charge in [-0.3, -0.25) is 29.3 Å². The zero-order chi connectivity index (χ0) is 55.6. The molecule has 2 aromatic carbocycles. The second kappa shape index (κ2) is 28.1. The molecule has 8 rings (SSSR count). The molecule has 0 radical (unpaired) electrons. The van der Waals surface area contributed by atoms with Gasteiger partial charge >= 0.3 is 25.7 Å². The summed E-state index contributed by atoms with van der Waals surface area (Å²) < 4.78 is 53.0. The van der Waals surface area contributed by atoms with Crippen LogP contribution in [0.15, 0.2) is 153 Å². The van der Waals surface area contributed by atoms with E-state index in [4.69, 9.17) is 5.41 Å². The quantitative estimate of drug-likeness (QED) is 0.0222. The first-order chi connectivity index (χ1) is 36.8. The first-order valence-corrected chi connectivity index (χ1v) is 24.5. The predicted molar refractivity (Wildman–Crippen MR) is 296 cm³/mol. The van der Waals surface area contributed by atoms with Crippen molar-refractivity contribution in [1.82, 2.24) is 30.1 Å². The molecular formula is C58H49F3N8O6RuS2. The van der Waals surface area contributed by atoms with Crippen molar-refractivity contribution < 1.29 is 61.2 Å². The summed E-state index contributed by atoms with van der Waals surface area (Å²) in [4.78, 5) is 52.0. The third-order valence-electron chi connectivity index (χ3n) is 11.1. The summed E-state index contributed by atoms with van der Waals surface area (Å²) in [6.45, 7) is 14.2. The van der Waals surface area contributed by atoms with Crippen LogP contribution < -0.4 is 10.00 Å². The van der Waals surface area contributed by atoms with Crippen LogP contribution in [-0.2, 0) is 65.1 Å². The Labute approximate surface area is 471 Å². The molecule has 14 nitrogen and oxygen atoms in total. The minimum Gasteiger partial charge on any atom is -0.753 e. The third-order valence-corrected chi connectivity index (χ3v) is 12.2. The number of alkyl halides is 3. The van der Waals surface area contributed by atoms with Crippen LogP contribution in [0.4, 0.5) is 29.5 Å². The monoisotopic (exact) mass is 1180 g/mol. The fraction of sp³-hybridized carbons (Fsp3) is 0.155. The van der Waals surface area contributed by atoms with Crippen LogP contribution in [0.3, 0.4) is 0 Å². The van der Waals surface area contributed by atoms with Gasteiger partial charge in [-0.1, -0.05) is 83.7 Å². The summed E-state index contributed by atoms with van der Waals surface area (Å²) >= 11 is 5.30. The van der Waals surface area contributed by atoms with E-state index in [-0.39, 0.29) is 36.0 Å². The molecule has 0 fully saturated rings. The van der Waals surface area contributed by atoms with E-state index in [1.165, 1.54) is 35.1 Å². The number of hydrogen-bond acceptors (Lipinski definition) is 14. The summed E-state index contributed by atoms with van der Waals surface area (Å²) in [7, 11) is 0. The molecule has 0 saturated heterocycles. The Morgan fingerprint density at radius 2 is 1.03 bits per heavy atom. The molecule has 0 saturated carbocycles. The van der Waals surface area contributed by atoms with Crippen molar-refractivity contribution in [2.24, 2.45) is 0 Å². The zero-order valence-electron chi connectivity index (χ0n) is 42.7. The Morgan fingerprint density at radius 3 is 1.46 bits per heavy atom. The average Bonchev–Trinajstić information content (AvgIpc) is 4.15. The molecule has 0 aliphatic rings. The SMILES string of the molecule is CC(C)(C)c1ccc(N(c2ccc(C(C)(C)C)cc2)c2ccc(-c3ccnc(-c4cc(C(F)(F)F)n[n-]4)c3)s2)cc1.O=CO/C=C/c1ccnc(-c2cc(/C=C/OC=O)cc(-c3cc(/C=C/OC=O)ccn3)n2)c1.[N-]=C=S.[Ru+2]. The van der Waals surface area contributed by atoms with Gasteiger partial charge in [0, 0.05) is 34.8 Å². The Bertz CT molecular complexity index is 3280. The van der Waals surface area contributed by atoms with Gasteiger partial charge in [-0.15, -0.1) is 11.3 Å². The summed E-state index contributed by atoms with van der Waals surface area (Å²) in [6.07, 6.45) is 8.84. The average molecular weight is 1180 g/mol. The number of nitrogens with zero attached hydrogens (tertiary/aromatic N) is 8. The number of rotatable bonds is 16. The van der Waals surface area contributed by atoms with Crippen molar-refractivity contribution in [3.8, 4) is 44.6 Å². The molecule has 0 aliphatic carbocycles. The van der Waals surface area contributed by atoms with Crippen LogP contribution in [0.25, 0.3) is 68.2 Å². The second-order valence-corrected chi connectivity index (χ2v) is 19.7. The van der Waals surface area contributed by atoms with Gasteiger partial charge in [0.25, 0.3) is 19.4 Å². The van der Waals surface area contributed by atoms with Crippen molar-refractivity contribution >= 4 is 82.7 Å². The van der Waals surface area contributed by atoms with Gasteiger partial charge in [0.1, 0.15) is 10.7 Å². The van der Waals surface area contributed by atoms with E-state index in [2.05, 4.69) is 158 Å². The topological polar surface area (TPSA) is 183 Å². The maximum atomic E-state index is 13.1. The molecule has 6 aromatic heterocycles. The second-order valence-electron chi connectivity index (χ2n) is 18.4. The van der Waals surface area contributed by atoms with Crippen LogP contribution >= 0.6 is 23.6 Å². The summed E-state index contributed by atoms with van der Waals surface area (Å²) in [5, 5.41) is 16.5. The minimum absolute atomic E-state index is 0. The molecular weight excluding hydrogens is 1130 g/mol. The summed E-state index contributed by atoms with van der Waals surface area (Å²) in [5.41, 5.74) is 9.30. The number of isothiocyanates is 1. The van der Waals surface area contributed by atoms with Crippen LogP contribution in [0.1, 0.15) is 75.1 Å². The van der Waals surface area contributed by atoms with Crippen molar-refractivity contribution in [3.05, 3.63) is 192 Å². The predicted octanol–water partition coefficient (Wildman–Crippen LogP) is 14.2. The van der Waals surface area contributed by atoms with Gasteiger partial charge in [-0.05, 0) is 153 Å². The standard InChI is InChI=1S/C33H32F3N4S.C24H17N3O6.CNS.Ru/c1-31(2,3)22-7-11-24(12-8-22)40(25-13-9-23(10-14-25)32(4,5)6)30-16-15-28(41-30)21-17-18-37-26(19-21)27-20-29(39-38-27)33(34,35)36;28-15-31-8-3-18-1-6-25-21(11-18)23-13-20(5-10-33-17-30)14-24(27-23)22-12-19(2-7-26-22)4-9-32-16-29;2-1-3;/h7-20H,1-6H3;1-17H;;/q-1;;-1;+2/b;8-3+,9-4+,10-5+;;. The number of thiophene rings is 1. The molecule has 398 valence electrons. The van der Waals surface area contributed by atoms with Crippen LogP contribution in [0, 0.1) is 0 Å². The number of hydrogen-bond donors (Lipinski definition) is 0. The number of halogens is 3. The maximum Gasteiger partial charge on any atom is 2.00 e. The van der Waals surface area contributed by atoms with Crippen molar-refractivity contribution in [3.63, 3.8) is 0 Å². The number of aromatic nitrogens is 6. The minimum atomic E-state index is -4.55. The molecule has 78 heavy (non-hydrogen) atoms. The number of thiocarbonyl (C=S) groups is 1. The van der Waals surface area contributed by atoms with Crippen LogP contribution in [0.2, 0.25) is 0 Å². The molecule has 0 bridgehead atoms. The van der Waals surface area contributed by atoms with Crippen LogP contribution in [-0.4, -0.2) is 49.6 Å². The molecule has 0 spiro atoms. The first kappa shape index (κ1) is 60.5. The van der Waals surface area contributed by atoms with Gasteiger partial charge < -0.3 is 34.7 Å². The summed E-state index contributed by atoms with van der Waals surface area (Å²) in [6, 6.07) is 36.5. The molecule has 6 heterocycles. The van der Waals surface area contributed by atoms with E-state index >= 15 is 0 Å². The van der Waals surface area contributed by atoms with E-state index in [1.807, 2.05) is 12.1 Å². The van der Waals surface area contributed by atoms with Gasteiger partial charge in [0.05, 0.1) is 47.3 Å². The van der Waals surface area contributed by atoms with E-state index < -0.39 is 11.9 Å². The largest absolute Gasteiger partial charge is 2.00 e. The number of anilines is 3. The van der Waals surface area contributed by atoms with E-state index in [1.54, 1.807) is 90.6 Å². The Kier molecular flexibility index (Phi) is 21.8. The van der Waals surface area contributed by atoms with Crippen molar-refractivity contribution in [2.75, 3.05) is 4.90 Å². The van der Waals surface area contributed by atoms with Gasteiger partial charge in [-0.25, -0.2) is 4.98 Å². The third kappa shape index (κ3) is 17.0. The van der Waals surface area contributed by atoms with Gasteiger partial charge in [-0.2, -0.15) is 18.3 Å². The number of ether oxygens (including phenoxy) is 3. The Hall–Kier alpha value is -8.41. The van der Waals surface area contributed by atoms with E-state index in [0.29, 0.717) is 53.4 Å². The number of carbonyl (C=O) groups excluding carboxylic acids is 3. The van der Waals surface area contributed by atoms with Gasteiger partial charge in [0.2, 0.25) is 0 Å². The number of benzene rings is 2. The van der Waals surface area contributed by atoms with Crippen molar-refractivity contribution in [1.29, 1.82) is 0 Å². The summed E-state index contributed by atoms with van der Waals surface area (Å²) in [5.74, 6) is 0. The molecule has 20 heteroatoms. The number of carbonyl (C=O) groups is 3. The molecule has 0 atom stereocenters. The number of pyridine rings is 4. The van der Waals surface area contributed by atoms with E-state index in [0.717, 1.165) is 44.0 Å². The fourth-order valence-corrected chi connectivity index (χ4v) is 8.30. The van der Waals surface area contributed by atoms with Crippen LogP contribution in [0.5, 0.6) is 0 Å². The molecule has 0 amide bonds. The smallest absolute Gasteiger partial charge is 0.753 e. The molecule has 0 unspecified atom stereocenters. The molecule has 8 aromatic rings. The van der Waals surface area contributed by atoms with E-state index in [9.17, 15) is 27.6 Å². The normalized spacial score (nSPS) is 11.3. The molecule has 0 aliphatic heterocycles.